The van der Waals surface area contributed by atoms with E-state index in [2.05, 4.69) is 43.6 Å². The van der Waals surface area contributed by atoms with Crippen LogP contribution in [-0.2, 0) is 9.53 Å². The molecule has 38 heavy (non-hydrogen) atoms. The first kappa shape index (κ1) is 26.1. The monoisotopic (exact) mass is 685 g/mol. The van der Waals surface area contributed by atoms with Crippen molar-refractivity contribution >= 4 is 72.6 Å². The highest BCUT2D eigenvalue weighted by Crippen LogP contribution is 2.29. The van der Waals surface area contributed by atoms with Crippen LogP contribution in [0.2, 0.25) is 0 Å². The quantitative estimate of drug-likeness (QED) is 0.112. The average Bonchev–Trinajstić information content (AvgIpc) is 3.32. The van der Waals surface area contributed by atoms with Gasteiger partial charge in [-0.25, -0.2) is 9.78 Å². The third-order valence-electron chi connectivity index (χ3n) is 5.65. The second-order valence-electron chi connectivity index (χ2n) is 8.31. The zero-order chi connectivity index (χ0) is 26.8. The molecule has 0 bridgehead atoms. The van der Waals surface area contributed by atoms with Crippen molar-refractivity contribution in [1.29, 1.82) is 0 Å². The van der Waals surface area contributed by atoms with Crippen LogP contribution in [0.25, 0.3) is 33.5 Å². The van der Waals surface area contributed by atoms with E-state index >= 15 is 0 Å². The van der Waals surface area contributed by atoms with Crippen molar-refractivity contribution in [1.82, 2.24) is 9.66 Å². The number of benzene rings is 3. The highest BCUT2D eigenvalue weighted by Gasteiger charge is 2.18. The van der Waals surface area contributed by atoms with Gasteiger partial charge in [0.25, 0.3) is 5.56 Å². The first-order valence-corrected chi connectivity index (χ1v) is 13.6. The molecule has 0 spiro atoms. The molecule has 0 fully saturated rings. The van der Waals surface area contributed by atoms with Crippen molar-refractivity contribution in [2.45, 2.75) is 20.0 Å². The van der Waals surface area contributed by atoms with Crippen molar-refractivity contribution in [3.05, 3.63) is 90.7 Å². The first-order valence-electron chi connectivity index (χ1n) is 11.7. The minimum absolute atomic E-state index is 0.287. The Balaban J connectivity index is 1.53. The summed E-state index contributed by atoms with van der Waals surface area (Å²) in [6.07, 6.45) is 0.832. The van der Waals surface area contributed by atoms with E-state index in [-0.39, 0.29) is 18.0 Å². The molecule has 0 aliphatic heterocycles. The minimum Gasteiger partial charge on any atom is -0.478 e. The lowest BCUT2D eigenvalue weighted by molar-refractivity contribution is -0.150. The van der Waals surface area contributed by atoms with Gasteiger partial charge in [0.15, 0.2) is 11.9 Å². The van der Waals surface area contributed by atoms with Crippen LogP contribution in [0.15, 0.2) is 85.5 Å². The number of ether oxygens (including phenoxy) is 2. The van der Waals surface area contributed by atoms with E-state index < -0.39 is 12.1 Å². The summed E-state index contributed by atoms with van der Waals surface area (Å²) in [7, 11) is 0. The van der Waals surface area contributed by atoms with Crippen LogP contribution in [0.4, 0.5) is 0 Å². The lowest BCUT2D eigenvalue weighted by Crippen LogP contribution is -2.26. The summed E-state index contributed by atoms with van der Waals surface area (Å²) < 4.78 is 19.7. The Hall–Kier alpha value is -3.51. The van der Waals surface area contributed by atoms with Crippen LogP contribution in [0.1, 0.15) is 19.4 Å². The zero-order valence-electron chi connectivity index (χ0n) is 20.4. The van der Waals surface area contributed by atoms with E-state index in [0.717, 1.165) is 19.0 Å². The number of hydrogen-bond donors (Lipinski definition) is 0. The van der Waals surface area contributed by atoms with E-state index in [1.807, 2.05) is 36.4 Å². The number of rotatable bonds is 7. The fourth-order valence-electron chi connectivity index (χ4n) is 3.83. The molecule has 0 saturated heterocycles. The maximum atomic E-state index is 13.5. The van der Waals surface area contributed by atoms with Crippen LogP contribution < -0.4 is 10.3 Å². The number of halogens is 2. The Morgan fingerprint density at radius 1 is 1.18 bits per heavy atom. The highest BCUT2D eigenvalue weighted by atomic mass is 127. The molecule has 3 aromatic carbocycles. The van der Waals surface area contributed by atoms with Crippen molar-refractivity contribution in [2.24, 2.45) is 5.10 Å². The Kier molecular flexibility index (Phi) is 7.61. The van der Waals surface area contributed by atoms with Gasteiger partial charge in [-0.1, -0.05) is 28.1 Å². The van der Waals surface area contributed by atoms with Gasteiger partial charge in [-0.2, -0.15) is 9.78 Å². The van der Waals surface area contributed by atoms with Crippen LogP contribution in [0.5, 0.6) is 5.75 Å². The number of para-hydroxylation sites is 1. The Morgan fingerprint density at radius 2 is 2.00 bits per heavy atom. The van der Waals surface area contributed by atoms with Crippen molar-refractivity contribution in [3.8, 4) is 17.3 Å². The minimum atomic E-state index is -0.739. The third-order valence-corrected chi connectivity index (χ3v) is 6.99. The van der Waals surface area contributed by atoms with Crippen molar-refractivity contribution in [2.75, 3.05) is 6.61 Å². The van der Waals surface area contributed by atoms with E-state index in [1.165, 1.54) is 4.68 Å². The molecule has 5 aromatic rings. The van der Waals surface area contributed by atoms with Gasteiger partial charge in [-0.05, 0) is 96.6 Å². The summed E-state index contributed by atoms with van der Waals surface area (Å²) in [5.41, 5.74) is 1.63. The summed E-state index contributed by atoms with van der Waals surface area (Å²) in [5, 5.41) is 5.82. The first-order chi connectivity index (χ1) is 18.3. The van der Waals surface area contributed by atoms with Gasteiger partial charge in [0.1, 0.15) is 11.3 Å². The standard InChI is InChI=1S/C28H21BrIN3O5/c1-3-36-28(35)16(2)37-24-10-8-17(12-21(24)30)15-31-33-26(32-22-7-5-4-6-20(22)27(33)34)25-14-18-13-19(29)9-11-23(18)38-25/h4-16H,3H2,1-2H3/t16-/m0/s1. The normalized spacial score (nSPS) is 12.3. The summed E-state index contributed by atoms with van der Waals surface area (Å²) in [5.74, 6) is 0.823. The summed E-state index contributed by atoms with van der Waals surface area (Å²) >= 11 is 5.60. The van der Waals surface area contributed by atoms with Crippen molar-refractivity contribution in [3.63, 3.8) is 0 Å². The molecule has 0 N–H and O–H groups in total. The molecule has 0 aliphatic rings. The summed E-state index contributed by atoms with van der Waals surface area (Å²) in [6, 6.07) is 20.0. The fraction of sp³-hybridized carbons (Fsp3) is 0.143. The van der Waals surface area contributed by atoms with Gasteiger partial charge in [-0.3, -0.25) is 4.79 Å². The van der Waals surface area contributed by atoms with Gasteiger partial charge >= 0.3 is 5.97 Å². The molecule has 2 heterocycles. The summed E-state index contributed by atoms with van der Waals surface area (Å²) in [6.45, 7) is 3.67. The molecule has 0 saturated carbocycles. The van der Waals surface area contributed by atoms with Crippen LogP contribution in [0, 0.1) is 3.57 Å². The van der Waals surface area contributed by atoms with Gasteiger partial charge < -0.3 is 13.9 Å². The molecule has 0 amide bonds. The number of carbonyl (C=O) groups excluding carboxylic acids is 1. The molecular formula is C28H21BrIN3O5. The Morgan fingerprint density at radius 3 is 2.79 bits per heavy atom. The number of nitrogens with zero attached hydrogens (tertiary/aromatic N) is 3. The van der Waals surface area contributed by atoms with Crippen LogP contribution in [0.3, 0.4) is 0 Å². The lowest BCUT2D eigenvalue weighted by atomic mass is 10.2. The van der Waals surface area contributed by atoms with Crippen molar-refractivity contribution < 1.29 is 18.7 Å². The molecular weight excluding hydrogens is 665 g/mol. The van der Waals surface area contributed by atoms with E-state index in [1.54, 1.807) is 50.4 Å². The molecule has 192 valence electrons. The number of furan rings is 1. The molecule has 8 nitrogen and oxygen atoms in total. The smallest absolute Gasteiger partial charge is 0.347 e. The molecule has 2 aromatic heterocycles. The second kappa shape index (κ2) is 11.1. The topological polar surface area (TPSA) is 95.9 Å². The number of aromatic nitrogens is 2. The van der Waals surface area contributed by atoms with Crippen LogP contribution in [-0.4, -0.2) is 34.6 Å². The number of fused-ring (bicyclic) bond motifs is 2. The lowest BCUT2D eigenvalue weighted by Gasteiger charge is -2.14. The summed E-state index contributed by atoms with van der Waals surface area (Å²) in [4.78, 5) is 30.1. The van der Waals surface area contributed by atoms with E-state index in [4.69, 9.17) is 18.9 Å². The average molecular weight is 686 g/mol. The molecule has 0 radical (unpaired) electrons. The van der Waals surface area contributed by atoms with E-state index in [9.17, 15) is 9.59 Å². The van der Waals surface area contributed by atoms with Gasteiger partial charge in [0, 0.05) is 9.86 Å². The Bertz CT molecular complexity index is 1760. The molecule has 10 heteroatoms. The Labute approximate surface area is 239 Å². The second-order valence-corrected chi connectivity index (χ2v) is 10.4. The van der Waals surface area contributed by atoms with Gasteiger partial charge in [0.2, 0.25) is 5.82 Å². The molecule has 5 rings (SSSR count). The number of esters is 1. The third kappa shape index (κ3) is 5.37. The predicted octanol–water partition coefficient (Wildman–Crippen LogP) is 6.39. The zero-order valence-corrected chi connectivity index (χ0v) is 24.1. The fourth-order valence-corrected chi connectivity index (χ4v) is 4.88. The van der Waals surface area contributed by atoms with E-state index in [0.29, 0.717) is 28.0 Å². The number of carbonyl (C=O) groups is 1. The largest absolute Gasteiger partial charge is 0.478 e. The maximum Gasteiger partial charge on any atom is 0.347 e. The van der Waals surface area contributed by atoms with Crippen LogP contribution >= 0.6 is 38.5 Å². The maximum absolute atomic E-state index is 13.5. The SMILES string of the molecule is CCOC(=O)[C@H](C)Oc1ccc(C=Nn2c(-c3cc4cc(Br)ccc4o3)nc3ccccc3c2=O)cc1I. The highest BCUT2D eigenvalue weighted by molar-refractivity contribution is 14.1. The van der Waals surface area contributed by atoms with Gasteiger partial charge in [0.05, 0.1) is 27.3 Å². The molecule has 1 atom stereocenters. The molecule has 0 aliphatic carbocycles. The van der Waals surface area contributed by atoms with Gasteiger partial charge in [-0.15, -0.1) is 0 Å². The number of hydrogen-bond acceptors (Lipinski definition) is 7. The molecule has 0 unspecified atom stereocenters. The predicted molar refractivity (Wildman–Crippen MR) is 158 cm³/mol.